The zero-order chi connectivity index (χ0) is 11.9. The van der Waals surface area contributed by atoms with Crippen molar-refractivity contribution < 1.29 is 4.79 Å². The minimum absolute atomic E-state index is 0.725. The van der Waals surface area contributed by atoms with E-state index in [0.29, 0.717) is 0 Å². The van der Waals surface area contributed by atoms with Gasteiger partial charge in [0.2, 0.25) is 0 Å². The Morgan fingerprint density at radius 2 is 1.38 bits per heavy atom. The Bertz CT molecular complexity index is 224. The predicted octanol–water partition coefficient (Wildman–Crippen LogP) is 4.60. The molecule has 0 amide bonds. The summed E-state index contributed by atoms with van der Waals surface area (Å²) < 4.78 is 0. The van der Waals surface area contributed by atoms with E-state index in [9.17, 15) is 4.79 Å². The quantitative estimate of drug-likeness (QED) is 0.298. The third kappa shape index (κ3) is 12.9. The van der Waals surface area contributed by atoms with Crippen molar-refractivity contribution in [2.24, 2.45) is 0 Å². The van der Waals surface area contributed by atoms with Gasteiger partial charge in [-0.2, -0.15) is 0 Å². The molecule has 0 fully saturated rings. The molecule has 0 unspecified atom stereocenters. The van der Waals surface area contributed by atoms with Gasteiger partial charge in [-0.15, -0.1) is 0 Å². The van der Waals surface area contributed by atoms with Crippen LogP contribution in [0.2, 0.25) is 0 Å². The molecule has 1 heteroatoms. The lowest BCUT2D eigenvalue weighted by Gasteiger charge is -1.94. The maximum absolute atomic E-state index is 10.1. The van der Waals surface area contributed by atoms with Gasteiger partial charge in [-0.25, -0.2) is 0 Å². The highest BCUT2D eigenvalue weighted by molar-refractivity contribution is 5.48. The molecule has 0 atom stereocenters. The number of allylic oxidation sites excluding steroid dienone is 6. The highest BCUT2D eigenvalue weighted by atomic mass is 16.1. The summed E-state index contributed by atoms with van der Waals surface area (Å²) in [6, 6.07) is 0. The fourth-order valence-electron chi connectivity index (χ4n) is 1.36. The number of carbonyl (C=O) groups is 1. The molecule has 0 aromatic carbocycles. The highest BCUT2D eigenvalue weighted by Crippen LogP contribution is 2.04. The molecule has 0 N–H and O–H groups in total. The average molecular weight is 220 g/mol. The molecular formula is C15H24O. The lowest BCUT2D eigenvalue weighted by Crippen LogP contribution is -1.78. The van der Waals surface area contributed by atoms with Crippen LogP contribution < -0.4 is 0 Å². The maximum atomic E-state index is 10.1. The van der Waals surface area contributed by atoms with E-state index in [0.717, 1.165) is 32.0 Å². The molecule has 90 valence electrons. The van der Waals surface area contributed by atoms with Crippen LogP contribution in [-0.2, 0) is 4.79 Å². The monoisotopic (exact) mass is 220 g/mol. The van der Waals surface area contributed by atoms with Crippen LogP contribution in [0.3, 0.4) is 0 Å². The lowest BCUT2D eigenvalue weighted by atomic mass is 10.1. The van der Waals surface area contributed by atoms with Crippen LogP contribution in [0.15, 0.2) is 36.5 Å². The van der Waals surface area contributed by atoms with E-state index in [1.165, 1.54) is 19.3 Å². The Labute approximate surface area is 99.9 Å². The van der Waals surface area contributed by atoms with Crippen molar-refractivity contribution in [3.05, 3.63) is 36.5 Å². The van der Waals surface area contributed by atoms with Gasteiger partial charge in [-0.1, -0.05) is 56.2 Å². The summed E-state index contributed by atoms with van der Waals surface area (Å²) in [6.45, 7) is 2.13. The summed E-state index contributed by atoms with van der Waals surface area (Å²) in [5.74, 6) is 0. The van der Waals surface area contributed by atoms with Crippen LogP contribution in [0.25, 0.3) is 0 Å². The van der Waals surface area contributed by atoms with Crippen molar-refractivity contribution in [1.82, 2.24) is 0 Å². The fraction of sp³-hybridized carbons (Fsp3) is 0.533. The number of rotatable bonds is 10. The molecular weight excluding hydrogens is 196 g/mol. The van der Waals surface area contributed by atoms with E-state index in [4.69, 9.17) is 0 Å². The Hall–Kier alpha value is -1.11. The number of unbranched alkanes of at least 4 members (excludes halogenated alkanes) is 5. The van der Waals surface area contributed by atoms with Gasteiger partial charge in [0.1, 0.15) is 6.29 Å². The van der Waals surface area contributed by atoms with E-state index >= 15 is 0 Å². The van der Waals surface area contributed by atoms with Gasteiger partial charge in [0, 0.05) is 6.42 Å². The molecule has 0 rings (SSSR count). The molecule has 0 heterocycles. The van der Waals surface area contributed by atoms with Crippen molar-refractivity contribution in [2.75, 3.05) is 0 Å². The van der Waals surface area contributed by atoms with Gasteiger partial charge in [0.25, 0.3) is 0 Å². The van der Waals surface area contributed by atoms with Crippen molar-refractivity contribution in [2.45, 2.75) is 51.9 Å². The van der Waals surface area contributed by atoms with Gasteiger partial charge in [-0.3, -0.25) is 0 Å². The Kier molecular flexibility index (Phi) is 12.9. The zero-order valence-electron chi connectivity index (χ0n) is 10.4. The Balaban J connectivity index is 3.24. The molecule has 0 aliphatic rings. The first-order valence-corrected chi connectivity index (χ1v) is 6.33. The largest absolute Gasteiger partial charge is 0.303 e. The van der Waals surface area contributed by atoms with Crippen LogP contribution in [0.1, 0.15) is 51.9 Å². The second-order valence-electron chi connectivity index (χ2n) is 3.81. The van der Waals surface area contributed by atoms with Crippen LogP contribution in [0, 0.1) is 0 Å². The summed E-state index contributed by atoms with van der Waals surface area (Å²) in [5.41, 5.74) is 0. The zero-order valence-corrected chi connectivity index (χ0v) is 10.4. The third-order valence-electron chi connectivity index (χ3n) is 2.28. The number of hydrogen-bond acceptors (Lipinski definition) is 1. The minimum atomic E-state index is 0.725. The van der Waals surface area contributed by atoms with Gasteiger partial charge in [0.05, 0.1) is 0 Å². The summed E-state index contributed by atoms with van der Waals surface area (Å²) >= 11 is 0. The van der Waals surface area contributed by atoms with E-state index in [1.54, 1.807) is 0 Å². The number of carbonyl (C=O) groups excluding carboxylic acids is 1. The summed E-state index contributed by atoms with van der Waals surface area (Å²) in [4.78, 5) is 10.1. The number of hydrogen-bond donors (Lipinski definition) is 0. The van der Waals surface area contributed by atoms with Crippen molar-refractivity contribution in [3.8, 4) is 0 Å². The lowest BCUT2D eigenvalue weighted by molar-refractivity contribution is -0.107. The van der Waals surface area contributed by atoms with Crippen molar-refractivity contribution >= 4 is 6.29 Å². The third-order valence-corrected chi connectivity index (χ3v) is 2.28. The molecule has 0 aromatic heterocycles. The summed E-state index contributed by atoms with van der Waals surface area (Å²) in [5, 5.41) is 0. The fourth-order valence-corrected chi connectivity index (χ4v) is 1.36. The Morgan fingerprint density at radius 3 is 2.00 bits per heavy atom. The van der Waals surface area contributed by atoms with Crippen molar-refractivity contribution in [3.63, 3.8) is 0 Å². The van der Waals surface area contributed by atoms with Crippen molar-refractivity contribution in [1.29, 1.82) is 0 Å². The second kappa shape index (κ2) is 13.9. The highest BCUT2D eigenvalue weighted by Gasteiger charge is 1.87. The van der Waals surface area contributed by atoms with Gasteiger partial charge >= 0.3 is 0 Å². The molecule has 0 bridgehead atoms. The average Bonchev–Trinajstić information content (AvgIpc) is 2.31. The second-order valence-corrected chi connectivity index (χ2v) is 3.81. The van der Waals surface area contributed by atoms with Gasteiger partial charge < -0.3 is 4.79 Å². The normalized spacial score (nSPS) is 12.1. The Morgan fingerprint density at radius 1 is 0.750 bits per heavy atom. The molecule has 16 heavy (non-hydrogen) atoms. The van der Waals surface area contributed by atoms with Crippen LogP contribution in [-0.4, -0.2) is 6.29 Å². The topological polar surface area (TPSA) is 17.1 Å². The van der Waals surface area contributed by atoms with Crippen LogP contribution in [0.5, 0.6) is 0 Å². The van der Waals surface area contributed by atoms with Crippen LogP contribution >= 0.6 is 0 Å². The number of aldehydes is 1. The summed E-state index contributed by atoms with van der Waals surface area (Å²) in [6.07, 6.45) is 21.3. The van der Waals surface area contributed by atoms with E-state index in [2.05, 4.69) is 43.4 Å². The molecule has 0 spiro atoms. The molecule has 0 aromatic rings. The molecule has 0 aliphatic carbocycles. The predicted molar refractivity (Wildman–Crippen MR) is 71.5 cm³/mol. The van der Waals surface area contributed by atoms with E-state index in [-0.39, 0.29) is 0 Å². The molecule has 1 nitrogen and oxygen atoms in total. The first-order chi connectivity index (χ1) is 7.91. The molecule has 0 saturated heterocycles. The first kappa shape index (κ1) is 14.9. The van der Waals surface area contributed by atoms with E-state index < -0.39 is 0 Å². The standard InChI is InChI=1S/C15H24O/c1-2-3-4-5-6-7-8-9-10-11-12-13-14-15-16/h3-8,15H,2,9-14H2,1H3. The van der Waals surface area contributed by atoms with Crippen LogP contribution in [0.4, 0.5) is 0 Å². The first-order valence-electron chi connectivity index (χ1n) is 6.33. The smallest absolute Gasteiger partial charge is 0.119 e. The summed E-state index contributed by atoms with van der Waals surface area (Å²) in [7, 11) is 0. The minimum Gasteiger partial charge on any atom is -0.303 e. The SMILES string of the molecule is CCC=CC=CC=CCCCCCCC=O. The maximum Gasteiger partial charge on any atom is 0.119 e. The molecule has 0 radical (unpaired) electrons. The molecule has 0 saturated carbocycles. The van der Waals surface area contributed by atoms with Gasteiger partial charge in [0.15, 0.2) is 0 Å². The van der Waals surface area contributed by atoms with E-state index in [1.807, 2.05) is 0 Å². The van der Waals surface area contributed by atoms with Gasteiger partial charge in [-0.05, 0) is 25.7 Å². The molecule has 0 aliphatic heterocycles.